The van der Waals surface area contributed by atoms with Crippen molar-refractivity contribution in [3.8, 4) is 0 Å². The first-order valence-electron chi connectivity index (χ1n) is 27.5. The summed E-state index contributed by atoms with van der Waals surface area (Å²) in [5, 5.41) is 0. The maximum Gasteiger partial charge on any atom is 0.306 e. The van der Waals surface area contributed by atoms with Crippen LogP contribution in [0.2, 0.25) is 0 Å². The Kier molecular flexibility index (Phi) is 52.6. The lowest BCUT2D eigenvalue weighted by Gasteiger charge is -2.18. The monoisotopic (exact) mass is 963 g/mol. The van der Waals surface area contributed by atoms with Gasteiger partial charge in [0, 0.05) is 19.3 Å². The lowest BCUT2D eigenvalue weighted by Crippen LogP contribution is -2.30. The Balaban J connectivity index is 4.62. The molecule has 70 heavy (non-hydrogen) atoms. The van der Waals surface area contributed by atoms with Crippen LogP contribution < -0.4 is 0 Å². The summed E-state index contributed by atoms with van der Waals surface area (Å²) in [6, 6.07) is 0. The van der Waals surface area contributed by atoms with E-state index in [0.29, 0.717) is 19.3 Å². The van der Waals surface area contributed by atoms with Gasteiger partial charge in [0.2, 0.25) is 0 Å². The van der Waals surface area contributed by atoms with Gasteiger partial charge in [-0.3, -0.25) is 14.4 Å². The molecule has 0 amide bonds. The first-order valence-corrected chi connectivity index (χ1v) is 27.5. The molecule has 0 unspecified atom stereocenters. The first kappa shape index (κ1) is 65.0. The van der Waals surface area contributed by atoms with E-state index >= 15 is 0 Å². The fourth-order valence-electron chi connectivity index (χ4n) is 6.69. The number of esters is 3. The molecule has 0 aromatic rings. The quantitative estimate of drug-likeness (QED) is 0.0262. The second-order valence-electron chi connectivity index (χ2n) is 17.4. The predicted molar refractivity (Wildman–Crippen MR) is 302 cm³/mol. The Hall–Kier alpha value is -4.97. The molecule has 0 spiro atoms. The van der Waals surface area contributed by atoms with Gasteiger partial charge in [-0.2, -0.15) is 0 Å². The molecule has 0 rings (SSSR count). The normalized spacial score (nSPS) is 13.4. The van der Waals surface area contributed by atoms with Crippen molar-refractivity contribution in [1.29, 1.82) is 0 Å². The highest BCUT2D eigenvalue weighted by atomic mass is 16.6. The van der Waals surface area contributed by atoms with Crippen molar-refractivity contribution in [3.05, 3.63) is 158 Å². The van der Waals surface area contributed by atoms with E-state index in [0.717, 1.165) is 135 Å². The summed E-state index contributed by atoms with van der Waals surface area (Å²) in [4.78, 5) is 38.1. The van der Waals surface area contributed by atoms with Gasteiger partial charge in [-0.05, 0) is 128 Å². The molecule has 0 aromatic heterocycles. The van der Waals surface area contributed by atoms with Crippen LogP contribution in [0.1, 0.15) is 207 Å². The highest BCUT2D eigenvalue weighted by Crippen LogP contribution is 2.11. The summed E-state index contributed by atoms with van der Waals surface area (Å²) in [6.07, 6.45) is 82.4. The standard InChI is InChI=1S/C64H98O6/c1-4-7-10-13-16-19-22-25-28-30-32-34-36-39-42-45-48-51-54-57-63(66)69-60-61(59-68-62(65)56-53-50-47-44-41-38-27-24-21-18-15-12-9-6-3)70-64(67)58-55-52-49-46-43-40-37-35-33-31-29-26-23-20-17-14-11-8-5-2/h7-8,10-11,15-20,24-29,32-35,39-40,42-43,48,51,61H,4-6,9,12-14,21-23,30-31,36-38,41,44-47,49-50,52-60H2,1-3H3/b10-7-,11-8-,18-15-,19-16-,20-17-,27-24-,28-25-,29-26-,34-32-,35-33-,42-39-,43-40-,51-48-/t61-/m1/s1. The predicted octanol–water partition coefficient (Wildman–Crippen LogP) is 18.6. The molecule has 0 aliphatic heterocycles. The van der Waals surface area contributed by atoms with Gasteiger partial charge >= 0.3 is 17.9 Å². The number of hydrogen-bond donors (Lipinski definition) is 0. The van der Waals surface area contributed by atoms with Crippen LogP contribution in [0.5, 0.6) is 0 Å². The zero-order valence-corrected chi connectivity index (χ0v) is 44.5. The van der Waals surface area contributed by atoms with E-state index in [-0.39, 0.29) is 44.0 Å². The Morgan fingerprint density at radius 3 is 0.971 bits per heavy atom. The van der Waals surface area contributed by atoms with Crippen LogP contribution in [0, 0.1) is 0 Å². The van der Waals surface area contributed by atoms with Gasteiger partial charge in [0.15, 0.2) is 6.10 Å². The summed E-state index contributed by atoms with van der Waals surface area (Å²) in [7, 11) is 0. The van der Waals surface area contributed by atoms with Crippen LogP contribution in [0.15, 0.2) is 158 Å². The third-order valence-electron chi connectivity index (χ3n) is 10.8. The van der Waals surface area contributed by atoms with E-state index in [1.54, 1.807) is 0 Å². The van der Waals surface area contributed by atoms with Crippen molar-refractivity contribution in [2.24, 2.45) is 0 Å². The molecule has 1 atom stereocenters. The highest BCUT2D eigenvalue weighted by Gasteiger charge is 2.19. The average molecular weight is 963 g/mol. The van der Waals surface area contributed by atoms with Gasteiger partial charge in [0.05, 0.1) is 0 Å². The van der Waals surface area contributed by atoms with Crippen LogP contribution >= 0.6 is 0 Å². The number of carbonyl (C=O) groups is 3. The molecule has 0 saturated carbocycles. The smallest absolute Gasteiger partial charge is 0.306 e. The molecule has 0 heterocycles. The molecule has 0 N–H and O–H groups in total. The summed E-state index contributed by atoms with van der Waals surface area (Å²) in [5.41, 5.74) is 0. The van der Waals surface area contributed by atoms with Crippen LogP contribution in [-0.4, -0.2) is 37.2 Å². The van der Waals surface area contributed by atoms with E-state index < -0.39 is 6.10 Å². The lowest BCUT2D eigenvalue weighted by atomic mass is 10.1. The van der Waals surface area contributed by atoms with Crippen molar-refractivity contribution >= 4 is 17.9 Å². The average Bonchev–Trinajstić information content (AvgIpc) is 3.36. The molecular formula is C64H98O6. The van der Waals surface area contributed by atoms with Crippen LogP contribution in [0.25, 0.3) is 0 Å². The minimum atomic E-state index is -0.840. The number of carbonyl (C=O) groups excluding carboxylic acids is 3. The van der Waals surface area contributed by atoms with Gasteiger partial charge in [-0.15, -0.1) is 0 Å². The number of hydrogen-bond acceptors (Lipinski definition) is 6. The van der Waals surface area contributed by atoms with Gasteiger partial charge < -0.3 is 14.2 Å². The van der Waals surface area contributed by atoms with E-state index in [4.69, 9.17) is 14.2 Å². The van der Waals surface area contributed by atoms with E-state index in [1.165, 1.54) is 19.3 Å². The van der Waals surface area contributed by atoms with Gasteiger partial charge in [-0.25, -0.2) is 0 Å². The van der Waals surface area contributed by atoms with Crippen LogP contribution in [0.4, 0.5) is 0 Å². The summed E-state index contributed by atoms with van der Waals surface area (Å²) in [6.45, 7) is 6.24. The molecule has 0 radical (unpaired) electrons. The summed E-state index contributed by atoms with van der Waals surface area (Å²) >= 11 is 0. The third-order valence-corrected chi connectivity index (χ3v) is 10.8. The molecule has 0 saturated heterocycles. The number of rotatable bonds is 47. The minimum absolute atomic E-state index is 0.130. The van der Waals surface area contributed by atoms with Gasteiger partial charge in [0.1, 0.15) is 13.2 Å². The molecule has 6 nitrogen and oxygen atoms in total. The topological polar surface area (TPSA) is 78.9 Å². The van der Waals surface area contributed by atoms with Crippen molar-refractivity contribution in [2.75, 3.05) is 13.2 Å². The summed E-state index contributed by atoms with van der Waals surface area (Å²) < 4.78 is 16.7. The largest absolute Gasteiger partial charge is 0.462 e. The molecule has 0 aliphatic rings. The Morgan fingerprint density at radius 2 is 0.586 bits per heavy atom. The Morgan fingerprint density at radius 1 is 0.300 bits per heavy atom. The molecule has 0 aromatic carbocycles. The van der Waals surface area contributed by atoms with Gasteiger partial charge in [-0.1, -0.05) is 217 Å². The molecule has 0 aliphatic carbocycles. The molecule has 0 bridgehead atoms. The fraction of sp³-hybridized carbons (Fsp3) is 0.547. The number of ether oxygens (including phenoxy) is 3. The Labute approximate surface area is 429 Å². The van der Waals surface area contributed by atoms with Crippen molar-refractivity contribution in [1.82, 2.24) is 0 Å². The molecular weight excluding hydrogens is 865 g/mol. The SMILES string of the molecule is CC/C=C\C/C=C\C/C=C\C/C=C\C/C=C\C/C=C\CCC(=O)OC[C@@H](COC(=O)CCCCCCC/C=C\C/C=C\CCCC)OC(=O)CCCCC/C=C\C/C=C\C/C=C\C/C=C\C/C=C\CC. The van der Waals surface area contributed by atoms with Crippen molar-refractivity contribution in [2.45, 2.75) is 213 Å². The molecule has 390 valence electrons. The third kappa shape index (κ3) is 54.0. The molecule has 0 fully saturated rings. The first-order chi connectivity index (χ1) is 34.5. The lowest BCUT2D eigenvalue weighted by molar-refractivity contribution is -0.166. The summed E-state index contributed by atoms with van der Waals surface area (Å²) in [5.74, 6) is -1.07. The minimum Gasteiger partial charge on any atom is -0.462 e. The van der Waals surface area contributed by atoms with Crippen molar-refractivity contribution < 1.29 is 28.6 Å². The Bertz CT molecular complexity index is 1620. The fourth-order valence-corrected chi connectivity index (χ4v) is 6.69. The highest BCUT2D eigenvalue weighted by molar-refractivity contribution is 5.71. The van der Waals surface area contributed by atoms with Crippen LogP contribution in [0.3, 0.4) is 0 Å². The second kappa shape index (κ2) is 56.6. The maximum atomic E-state index is 12.8. The number of unbranched alkanes of at least 4 members (excludes halogenated alkanes) is 10. The van der Waals surface area contributed by atoms with Crippen molar-refractivity contribution in [3.63, 3.8) is 0 Å². The molecule has 6 heteroatoms. The zero-order chi connectivity index (χ0) is 50.7. The van der Waals surface area contributed by atoms with Gasteiger partial charge in [0.25, 0.3) is 0 Å². The zero-order valence-electron chi connectivity index (χ0n) is 44.5. The van der Waals surface area contributed by atoms with E-state index in [2.05, 4.69) is 167 Å². The van der Waals surface area contributed by atoms with E-state index in [9.17, 15) is 14.4 Å². The maximum absolute atomic E-state index is 12.8. The second-order valence-corrected chi connectivity index (χ2v) is 17.4. The number of allylic oxidation sites excluding steroid dienone is 26. The van der Waals surface area contributed by atoms with Crippen LogP contribution in [-0.2, 0) is 28.6 Å². The van der Waals surface area contributed by atoms with E-state index in [1.807, 2.05) is 12.2 Å².